The van der Waals surface area contributed by atoms with Crippen molar-refractivity contribution in [3.8, 4) is 0 Å². The summed E-state index contributed by atoms with van der Waals surface area (Å²) in [5.41, 5.74) is -0.161. The molecule has 1 aromatic carbocycles. The van der Waals surface area contributed by atoms with E-state index in [1.54, 1.807) is 17.6 Å². The SMILES string of the molecule is CCn1c(Cc2coc(=O)o2)c(C(=O)O)c(=O)c2c(C)c(F)c(N3CCNCC3)cc21. The third kappa shape index (κ3) is 3.52. The fraction of sp³-hybridized carbons (Fsp3) is 0.381. The first-order valence-electron chi connectivity index (χ1n) is 9.98. The molecule has 0 amide bonds. The highest BCUT2D eigenvalue weighted by molar-refractivity contribution is 5.96. The Kier molecular flexibility index (Phi) is 5.40. The molecule has 1 aliphatic heterocycles. The number of rotatable bonds is 5. The molecule has 1 saturated heterocycles. The number of aromatic carboxylic acids is 1. The molecular weight excluding hydrogens is 409 g/mol. The van der Waals surface area contributed by atoms with Gasteiger partial charge in [-0.15, -0.1) is 0 Å². The fourth-order valence-electron chi connectivity index (χ4n) is 4.21. The van der Waals surface area contributed by atoms with E-state index in [4.69, 9.17) is 4.42 Å². The molecule has 1 fully saturated rings. The van der Waals surface area contributed by atoms with E-state index in [1.807, 2.05) is 4.90 Å². The number of carboxylic acids is 1. The topological polar surface area (TPSA) is 118 Å². The minimum Gasteiger partial charge on any atom is -0.477 e. The lowest BCUT2D eigenvalue weighted by molar-refractivity contribution is 0.0693. The molecule has 3 heterocycles. The number of carbonyl (C=O) groups is 1. The lowest BCUT2D eigenvalue weighted by Gasteiger charge is -2.31. The zero-order valence-corrected chi connectivity index (χ0v) is 17.2. The molecule has 31 heavy (non-hydrogen) atoms. The minimum atomic E-state index is -1.43. The van der Waals surface area contributed by atoms with Crippen LogP contribution in [-0.4, -0.2) is 41.8 Å². The van der Waals surface area contributed by atoms with Crippen LogP contribution in [0.2, 0.25) is 0 Å². The predicted molar refractivity (Wildman–Crippen MR) is 111 cm³/mol. The third-order valence-electron chi connectivity index (χ3n) is 5.65. The minimum absolute atomic E-state index is 0.0352. The Morgan fingerprint density at radius 3 is 2.58 bits per heavy atom. The molecule has 0 spiro atoms. The fourth-order valence-corrected chi connectivity index (χ4v) is 4.21. The normalized spacial score (nSPS) is 14.4. The number of piperazine rings is 1. The van der Waals surface area contributed by atoms with Gasteiger partial charge >= 0.3 is 11.8 Å². The Bertz CT molecular complexity index is 1280. The molecule has 0 saturated carbocycles. The predicted octanol–water partition coefficient (Wildman–Crippen LogP) is 1.71. The van der Waals surface area contributed by atoms with Crippen LogP contribution in [0.25, 0.3) is 10.9 Å². The van der Waals surface area contributed by atoms with Crippen molar-refractivity contribution in [2.45, 2.75) is 26.8 Å². The van der Waals surface area contributed by atoms with Gasteiger partial charge in [-0.1, -0.05) is 0 Å². The number of benzene rings is 1. The number of pyridine rings is 1. The highest BCUT2D eigenvalue weighted by Gasteiger charge is 2.27. The number of aryl methyl sites for hydroxylation is 2. The second kappa shape index (κ2) is 8.03. The molecule has 9 nitrogen and oxygen atoms in total. The molecular formula is C21H22FN3O6. The Labute approximate surface area is 175 Å². The zero-order chi connectivity index (χ0) is 22.3. The van der Waals surface area contributed by atoms with Crippen molar-refractivity contribution >= 4 is 22.6 Å². The van der Waals surface area contributed by atoms with Gasteiger partial charge in [0.1, 0.15) is 17.6 Å². The molecule has 0 bridgehead atoms. The third-order valence-corrected chi connectivity index (χ3v) is 5.65. The molecule has 2 aromatic heterocycles. The van der Waals surface area contributed by atoms with E-state index >= 15 is 4.39 Å². The molecule has 0 aliphatic carbocycles. The van der Waals surface area contributed by atoms with Gasteiger partial charge in [0.2, 0.25) is 5.43 Å². The van der Waals surface area contributed by atoms with Gasteiger partial charge in [0, 0.05) is 44.0 Å². The molecule has 164 valence electrons. The molecule has 0 atom stereocenters. The van der Waals surface area contributed by atoms with Crippen LogP contribution in [0.15, 0.2) is 30.8 Å². The molecule has 3 aromatic rings. The van der Waals surface area contributed by atoms with Crippen LogP contribution in [0.4, 0.5) is 10.1 Å². The van der Waals surface area contributed by atoms with Crippen LogP contribution >= 0.6 is 0 Å². The van der Waals surface area contributed by atoms with Crippen molar-refractivity contribution < 1.29 is 23.1 Å². The second-order valence-corrected chi connectivity index (χ2v) is 7.40. The maximum atomic E-state index is 15.3. The highest BCUT2D eigenvalue weighted by atomic mass is 19.1. The molecule has 10 heteroatoms. The first kappa shape index (κ1) is 20.9. The van der Waals surface area contributed by atoms with Gasteiger partial charge in [-0.3, -0.25) is 4.79 Å². The Balaban J connectivity index is 2.05. The Morgan fingerprint density at radius 1 is 1.29 bits per heavy atom. The Morgan fingerprint density at radius 2 is 2.00 bits per heavy atom. The van der Waals surface area contributed by atoms with Crippen LogP contribution in [0.1, 0.15) is 34.3 Å². The summed E-state index contributed by atoms with van der Waals surface area (Å²) >= 11 is 0. The molecule has 2 N–H and O–H groups in total. The Hall–Kier alpha value is -3.40. The van der Waals surface area contributed by atoms with Crippen molar-refractivity contribution in [3.05, 3.63) is 61.6 Å². The van der Waals surface area contributed by atoms with Crippen molar-refractivity contribution in [2.75, 3.05) is 31.1 Å². The summed E-state index contributed by atoms with van der Waals surface area (Å²) in [6.45, 7) is 6.25. The maximum Gasteiger partial charge on any atom is 0.518 e. The van der Waals surface area contributed by atoms with Crippen LogP contribution in [-0.2, 0) is 13.0 Å². The number of anilines is 1. The highest BCUT2D eigenvalue weighted by Crippen LogP contribution is 2.31. The van der Waals surface area contributed by atoms with Gasteiger partial charge in [0.25, 0.3) is 0 Å². The molecule has 0 radical (unpaired) electrons. The van der Waals surface area contributed by atoms with Crippen molar-refractivity contribution in [1.82, 2.24) is 9.88 Å². The van der Waals surface area contributed by atoms with Gasteiger partial charge in [-0.25, -0.2) is 14.0 Å². The number of halogens is 1. The monoisotopic (exact) mass is 431 g/mol. The van der Waals surface area contributed by atoms with Gasteiger partial charge in [0.15, 0.2) is 5.76 Å². The smallest absolute Gasteiger partial charge is 0.477 e. The van der Waals surface area contributed by atoms with Crippen LogP contribution in [0.3, 0.4) is 0 Å². The van der Waals surface area contributed by atoms with E-state index in [2.05, 4.69) is 9.73 Å². The summed E-state index contributed by atoms with van der Waals surface area (Å²) in [5.74, 6) is -2.79. The van der Waals surface area contributed by atoms with Crippen molar-refractivity contribution in [2.24, 2.45) is 0 Å². The van der Waals surface area contributed by atoms with E-state index in [1.165, 1.54) is 6.92 Å². The molecule has 0 unspecified atom stereocenters. The first-order chi connectivity index (χ1) is 14.8. The number of hydrogen-bond donors (Lipinski definition) is 2. The average molecular weight is 431 g/mol. The lowest BCUT2D eigenvalue weighted by Crippen LogP contribution is -2.44. The number of nitrogens with one attached hydrogen (secondary N) is 1. The van der Waals surface area contributed by atoms with Gasteiger partial charge in [-0.2, -0.15) is 0 Å². The van der Waals surface area contributed by atoms with Crippen molar-refractivity contribution in [1.29, 1.82) is 0 Å². The van der Waals surface area contributed by atoms with Crippen molar-refractivity contribution in [3.63, 3.8) is 0 Å². The first-order valence-corrected chi connectivity index (χ1v) is 9.98. The summed E-state index contributed by atoms with van der Waals surface area (Å²) in [6.07, 6.45) is 0.955. The van der Waals surface area contributed by atoms with Crippen LogP contribution < -0.4 is 21.5 Å². The van der Waals surface area contributed by atoms with E-state index in [0.717, 1.165) is 6.26 Å². The van der Waals surface area contributed by atoms with Gasteiger partial charge in [-0.05, 0) is 19.9 Å². The summed E-state index contributed by atoms with van der Waals surface area (Å²) in [5, 5.41) is 13.0. The van der Waals surface area contributed by atoms with E-state index < -0.39 is 28.6 Å². The zero-order valence-electron chi connectivity index (χ0n) is 17.2. The average Bonchev–Trinajstić information content (AvgIpc) is 3.15. The van der Waals surface area contributed by atoms with E-state index in [0.29, 0.717) is 43.9 Å². The van der Waals surface area contributed by atoms with Gasteiger partial charge < -0.3 is 28.7 Å². The van der Waals surface area contributed by atoms with Gasteiger partial charge in [0.05, 0.1) is 23.0 Å². The lowest BCUT2D eigenvalue weighted by atomic mass is 9.99. The van der Waals surface area contributed by atoms with E-state index in [9.17, 15) is 19.5 Å². The second-order valence-electron chi connectivity index (χ2n) is 7.40. The number of carboxylic acid groups (broad SMARTS) is 1. The van der Waals surface area contributed by atoms with E-state index in [-0.39, 0.29) is 28.8 Å². The number of nitrogens with zero attached hydrogens (tertiary/aromatic N) is 2. The quantitative estimate of drug-likeness (QED) is 0.627. The number of aromatic nitrogens is 1. The van der Waals surface area contributed by atoms with Crippen LogP contribution in [0, 0.1) is 12.7 Å². The summed E-state index contributed by atoms with van der Waals surface area (Å²) in [4.78, 5) is 38.4. The standard InChI is InChI=1S/C21H22FN3O6/c1-3-25-13(8-12-10-30-21(29)31-12)17(20(27)28)19(26)16-11(2)18(22)15(9-14(16)25)24-6-4-23-5-7-24/h9-10,23H,3-8H2,1-2H3,(H,27,28). The largest absolute Gasteiger partial charge is 0.518 e. The summed E-state index contributed by atoms with van der Waals surface area (Å²) < 4.78 is 26.5. The van der Waals surface area contributed by atoms with Crippen LogP contribution in [0.5, 0.6) is 0 Å². The maximum absolute atomic E-state index is 15.3. The number of fused-ring (bicyclic) bond motifs is 1. The summed E-state index contributed by atoms with van der Waals surface area (Å²) in [7, 11) is 0. The number of hydrogen-bond acceptors (Lipinski definition) is 7. The molecule has 4 rings (SSSR count). The summed E-state index contributed by atoms with van der Waals surface area (Å²) in [6, 6.07) is 1.61. The molecule has 1 aliphatic rings.